The quantitative estimate of drug-likeness (QED) is 0.492. The van der Waals surface area contributed by atoms with Crippen molar-refractivity contribution in [2.24, 2.45) is 4.99 Å². The molecule has 0 aromatic carbocycles. The van der Waals surface area contributed by atoms with Crippen LogP contribution < -0.4 is 10.9 Å². The Balaban J connectivity index is 2.55. The molecule has 4 nitrogen and oxygen atoms in total. The molecule has 0 bridgehead atoms. The van der Waals surface area contributed by atoms with Gasteiger partial charge in [-0.2, -0.15) is 0 Å². The lowest BCUT2D eigenvalue weighted by molar-refractivity contribution is 0.0948. The number of carbonyl (C=O) groups excluding carboxylic acids is 1. The highest BCUT2D eigenvalue weighted by Crippen LogP contribution is 2.14. The van der Waals surface area contributed by atoms with E-state index in [1.807, 2.05) is 45.1 Å². The molecule has 1 aromatic rings. The van der Waals surface area contributed by atoms with Crippen LogP contribution in [0.1, 0.15) is 28.4 Å². The lowest BCUT2D eigenvalue weighted by atomic mass is 10.4. The summed E-state index contributed by atoms with van der Waals surface area (Å²) in [6.45, 7) is 6.48. The number of hydrazine groups is 1. The van der Waals surface area contributed by atoms with Crippen LogP contribution in [0.4, 0.5) is 0 Å². The highest BCUT2D eigenvalue weighted by atomic mass is 32.1. The largest absolute Gasteiger partial charge is 0.282 e. The first-order chi connectivity index (χ1) is 8.17. The Hall–Kier alpha value is -1.62. The van der Waals surface area contributed by atoms with Crippen molar-refractivity contribution in [2.45, 2.75) is 20.8 Å². The molecule has 0 spiro atoms. The number of allylic oxidation sites excluding steroid dienone is 1. The monoisotopic (exact) mass is 251 g/mol. The molecule has 0 aliphatic heterocycles. The van der Waals surface area contributed by atoms with Crippen LogP contribution in [0.25, 0.3) is 0 Å². The predicted molar refractivity (Wildman–Crippen MR) is 72.4 cm³/mol. The molecule has 0 unspecified atom stereocenters. The maximum atomic E-state index is 11.7. The minimum absolute atomic E-state index is 0.142. The van der Waals surface area contributed by atoms with Gasteiger partial charge in [-0.05, 0) is 39.0 Å². The summed E-state index contributed by atoms with van der Waals surface area (Å²) in [6, 6.07) is 3.73. The van der Waals surface area contributed by atoms with Gasteiger partial charge in [0.2, 0.25) is 0 Å². The number of hydrogen-bond donors (Lipinski definition) is 2. The van der Waals surface area contributed by atoms with Crippen LogP contribution in [0.3, 0.4) is 0 Å². The molecule has 0 aliphatic rings. The van der Waals surface area contributed by atoms with Gasteiger partial charge in [-0.3, -0.25) is 20.6 Å². The summed E-state index contributed by atoms with van der Waals surface area (Å²) in [5, 5.41) is 0. The summed E-state index contributed by atoms with van der Waals surface area (Å²) in [5.74, 6) is 0.507. The second-order valence-corrected chi connectivity index (χ2v) is 4.64. The van der Waals surface area contributed by atoms with E-state index in [0.29, 0.717) is 17.3 Å². The number of thiophene rings is 1. The molecular weight excluding hydrogens is 234 g/mol. The van der Waals surface area contributed by atoms with E-state index in [0.717, 1.165) is 4.88 Å². The second-order valence-electron chi connectivity index (χ2n) is 3.35. The normalized spacial score (nSPS) is 11.8. The number of hydrogen-bond acceptors (Lipinski definition) is 3. The molecule has 92 valence electrons. The summed E-state index contributed by atoms with van der Waals surface area (Å²) < 4.78 is 0. The Morgan fingerprint density at radius 3 is 2.76 bits per heavy atom. The number of nitrogens with zero attached hydrogens (tertiary/aromatic N) is 1. The number of rotatable bonds is 3. The Labute approximate surface area is 105 Å². The number of amidine groups is 1. The van der Waals surface area contributed by atoms with Crippen molar-refractivity contribution in [1.29, 1.82) is 0 Å². The summed E-state index contributed by atoms with van der Waals surface area (Å²) in [6.07, 6.45) is 3.67. The second kappa shape index (κ2) is 6.85. The first-order valence-corrected chi connectivity index (χ1v) is 6.29. The van der Waals surface area contributed by atoms with Crippen molar-refractivity contribution in [2.75, 3.05) is 6.54 Å². The summed E-state index contributed by atoms with van der Waals surface area (Å²) in [5.41, 5.74) is 5.42. The lowest BCUT2D eigenvalue weighted by Crippen LogP contribution is -2.40. The molecular formula is C12H17N3OS. The van der Waals surface area contributed by atoms with E-state index >= 15 is 0 Å². The highest BCUT2D eigenvalue weighted by Gasteiger charge is 2.07. The van der Waals surface area contributed by atoms with Gasteiger partial charge in [0, 0.05) is 11.4 Å². The van der Waals surface area contributed by atoms with Crippen LogP contribution in [0.5, 0.6) is 0 Å². The molecule has 1 heterocycles. The Bertz CT molecular complexity index is 435. The minimum Gasteiger partial charge on any atom is -0.282 e. The Morgan fingerprint density at radius 2 is 2.24 bits per heavy atom. The molecule has 1 amide bonds. The number of nitrogens with one attached hydrogen (secondary N) is 2. The zero-order valence-electron chi connectivity index (χ0n) is 10.3. The summed E-state index contributed by atoms with van der Waals surface area (Å²) in [4.78, 5) is 17.7. The van der Waals surface area contributed by atoms with Gasteiger partial charge in [-0.15, -0.1) is 11.3 Å². The van der Waals surface area contributed by atoms with Crippen molar-refractivity contribution in [3.05, 3.63) is 34.0 Å². The number of aryl methyl sites for hydroxylation is 1. The molecule has 2 N–H and O–H groups in total. The topological polar surface area (TPSA) is 53.5 Å². The highest BCUT2D eigenvalue weighted by molar-refractivity contribution is 7.13. The number of aliphatic imine (C=N–C) groups is 1. The maximum absolute atomic E-state index is 11.7. The van der Waals surface area contributed by atoms with Crippen molar-refractivity contribution in [3.63, 3.8) is 0 Å². The van der Waals surface area contributed by atoms with Gasteiger partial charge in [-0.1, -0.05) is 6.08 Å². The summed E-state index contributed by atoms with van der Waals surface area (Å²) >= 11 is 1.46. The molecule has 0 aliphatic carbocycles. The fraction of sp³-hybridized carbons (Fsp3) is 0.333. The van der Waals surface area contributed by atoms with Crippen LogP contribution in [-0.4, -0.2) is 18.3 Å². The average Bonchev–Trinajstić information content (AvgIpc) is 2.73. The third-order valence-electron chi connectivity index (χ3n) is 1.92. The molecule has 0 radical (unpaired) electrons. The lowest BCUT2D eigenvalue weighted by Gasteiger charge is -2.06. The predicted octanol–water partition coefficient (Wildman–Crippen LogP) is 2.29. The first-order valence-electron chi connectivity index (χ1n) is 5.47. The molecule has 5 heteroatoms. The zero-order chi connectivity index (χ0) is 12.7. The van der Waals surface area contributed by atoms with Gasteiger partial charge in [0.1, 0.15) is 5.84 Å². The molecule has 0 saturated heterocycles. The van der Waals surface area contributed by atoms with E-state index in [4.69, 9.17) is 0 Å². The van der Waals surface area contributed by atoms with Crippen LogP contribution in [0.2, 0.25) is 0 Å². The van der Waals surface area contributed by atoms with Gasteiger partial charge >= 0.3 is 0 Å². The van der Waals surface area contributed by atoms with E-state index in [1.165, 1.54) is 11.3 Å². The molecule has 0 saturated carbocycles. The van der Waals surface area contributed by atoms with E-state index in [2.05, 4.69) is 15.8 Å². The first kappa shape index (κ1) is 13.4. The Morgan fingerprint density at radius 1 is 1.47 bits per heavy atom. The van der Waals surface area contributed by atoms with E-state index in [-0.39, 0.29) is 5.91 Å². The number of amides is 1. The van der Waals surface area contributed by atoms with Gasteiger partial charge in [-0.25, -0.2) is 0 Å². The van der Waals surface area contributed by atoms with Crippen LogP contribution in [0, 0.1) is 6.92 Å². The Kier molecular flexibility index (Phi) is 5.42. The van der Waals surface area contributed by atoms with Crippen molar-refractivity contribution in [3.8, 4) is 0 Å². The molecule has 1 aromatic heterocycles. The van der Waals surface area contributed by atoms with Crippen molar-refractivity contribution in [1.82, 2.24) is 10.9 Å². The van der Waals surface area contributed by atoms with E-state index < -0.39 is 0 Å². The zero-order valence-corrected chi connectivity index (χ0v) is 11.1. The van der Waals surface area contributed by atoms with Crippen LogP contribution >= 0.6 is 11.3 Å². The average molecular weight is 251 g/mol. The third-order valence-corrected chi connectivity index (χ3v) is 2.92. The van der Waals surface area contributed by atoms with Gasteiger partial charge < -0.3 is 0 Å². The minimum atomic E-state index is -0.142. The van der Waals surface area contributed by atoms with Gasteiger partial charge in [0.05, 0.1) is 4.88 Å². The maximum Gasteiger partial charge on any atom is 0.279 e. The van der Waals surface area contributed by atoms with Crippen LogP contribution in [-0.2, 0) is 0 Å². The number of carbonyl (C=O) groups is 1. The SMILES string of the molecule is C/C=C\C(=NCC)NNC(=O)c1ccc(C)s1. The smallest absolute Gasteiger partial charge is 0.279 e. The van der Waals surface area contributed by atoms with Crippen molar-refractivity contribution < 1.29 is 4.79 Å². The fourth-order valence-electron chi connectivity index (χ4n) is 1.20. The molecule has 0 atom stereocenters. The van der Waals surface area contributed by atoms with E-state index in [9.17, 15) is 4.79 Å². The van der Waals surface area contributed by atoms with Gasteiger partial charge in [0.25, 0.3) is 5.91 Å². The standard InChI is InChI=1S/C12H17N3OS/c1-4-6-11(13-5-2)14-15-12(16)10-8-7-9(3)17-10/h4,6-8H,5H2,1-3H3,(H,13,14)(H,15,16)/b6-4-. The van der Waals surface area contributed by atoms with Crippen LogP contribution in [0.15, 0.2) is 29.3 Å². The molecule has 0 fully saturated rings. The third kappa shape index (κ3) is 4.40. The van der Waals surface area contributed by atoms with Gasteiger partial charge in [0.15, 0.2) is 0 Å². The molecule has 17 heavy (non-hydrogen) atoms. The molecule has 1 rings (SSSR count). The summed E-state index contributed by atoms with van der Waals surface area (Å²) in [7, 11) is 0. The van der Waals surface area contributed by atoms with Crippen molar-refractivity contribution >= 4 is 23.1 Å². The fourth-order valence-corrected chi connectivity index (χ4v) is 1.96. The van der Waals surface area contributed by atoms with E-state index in [1.54, 1.807) is 0 Å².